The second-order valence-corrected chi connectivity index (χ2v) is 5.26. The number of Topliss-reactive ketones (excluding diaryl/α,β-unsaturated/α-hetero) is 2. The van der Waals surface area contributed by atoms with Crippen molar-refractivity contribution < 1.29 is 51.7 Å². The summed E-state index contributed by atoms with van der Waals surface area (Å²) >= 11 is 0. The number of aliphatic hydroxyl groups is 4. The van der Waals surface area contributed by atoms with Crippen molar-refractivity contribution in [2.75, 3.05) is 0 Å². The van der Waals surface area contributed by atoms with Crippen molar-refractivity contribution in [3.63, 3.8) is 0 Å². The third-order valence-electron chi connectivity index (χ3n) is 1.71. The Hall–Kier alpha value is -0.106. The SMILES string of the molecule is CC(C)O.CC(C)O.CCC(O)C(C)=O.CCC(O)C(C)=O.[Ti]. The van der Waals surface area contributed by atoms with Crippen LogP contribution in [0.5, 0.6) is 0 Å². The molecule has 0 radical (unpaired) electrons. The van der Waals surface area contributed by atoms with Gasteiger partial charge in [-0.25, -0.2) is 0 Å². The first-order valence-corrected chi connectivity index (χ1v) is 7.56. The van der Waals surface area contributed by atoms with Gasteiger partial charge in [-0.15, -0.1) is 0 Å². The van der Waals surface area contributed by atoms with E-state index in [0.717, 1.165) is 0 Å². The first-order valence-electron chi connectivity index (χ1n) is 7.56. The molecule has 0 spiro atoms. The van der Waals surface area contributed by atoms with E-state index in [1.165, 1.54) is 13.8 Å². The third-order valence-corrected chi connectivity index (χ3v) is 1.71. The summed E-state index contributed by atoms with van der Waals surface area (Å²) in [5, 5.41) is 33.3. The van der Waals surface area contributed by atoms with Gasteiger partial charge in [0.2, 0.25) is 0 Å². The number of hydrogen-bond acceptors (Lipinski definition) is 6. The van der Waals surface area contributed by atoms with Crippen molar-refractivity contribution >= 4 is 11.6 Å². The van der Waals surface area contributed by atoms with Gasteiger partial charge in [0.25, 0.3) is 0 Å². The predicted molar refractivity (Wildman–Crippen MR) is 88.7 cm³/mol. The van der Waals surface area contributed by atoms with Gasteiger partial charge in [-0.3, -0.25) is 9.59 Å². The van der Waals surface area contributed by atoms with E-state index in [1.54, 1.807) is 41.5 Å². The largest absolute Gasteiger partial charge is 0.394 e. The Morgan fingerprint density at radius 3 is 0.826 bits per heavy atom. The molecule has 7 heteroatoms. The standard InChI is InChI=1S/2C5H10O2.2C3H8O.Ti/c2*1-3-5(7)4(2)6;2*1-3(2)4;/h2*5,7H,3H2,1-2H3;2*3-4H,1-2H3;. The average molecular weight is 372 g/mol. The molecule has 0 aliphatic rings. The number of ketones is 2. The summed E-state index contributed by atoms with van der Waals surface area (Å²) < 4.78 is 0. The Bertz CT molecular complexity index is 225. The van der Waals surface area contributed by atoms with E-state index in [0.29, 0.717) is 12.8 Å². The van der Waals surface area contributed by atoms with E-state index >= 15 is 0 Å². The summed E-state index contributed by atoms with van der Waals surface area (Å²) in [6, 6.07) is 0. The van der Waals surface area contributed by atoms with Crippen LogP contribution in [0.15, 0.2) is 0 Å². The Kier molecular flexibility index (Phi) is 36.0. The molecule has 0 heterocycles. The second kappa shape index (κ2) is 24.2. The van der Waals surface area contributed by atoms with Gasteiger partial charge in [0.05, 0.1) is 0 Å². The summed E-state index contributed by atoms with van der Waals surface area (Å²) in [5.41, 5.74) is 0. The fraction of sp³-hybridized carbons (Fsp3) is 0.875. The van der Waals surface area contributed by atoms with E-state index in [2.05, 4.69) is 0 Å². The molecule has 6 nitrogen and oxygen atoms in total. The number of hydrogen-bond donors (Lipinski definition) is 4. The number of carbonyl (C=O) groups is 2. The zero-order chi connectivity index (χ0) is 18.9. The number of aliphatic hydroxyl groups excluding tert-OH is 4. The minimum absolute atomic E-state index is 0. The molecular formula is C16H36O6Ti. The molecular weight excluding hydrogens is 336 g/mol. The van der Waals surface area contributed by atoms with Crippen molar-refractivity contribution in [3.8, 4) is 0 Å². The van der Waals surface area contributed by atoms with Gasteiger partial charge in [0.1, 0.15) is 12.2 Å². The van der Waals surface area contributed by atoms with E-state index in [-0.39, 0.29) is 45.5 Å². The molecule has 0 aliphatic heterocycles. The quantitative estimate of drug-likeness (QED) is 0.556. The molecule has 0 aromatic carbocycles. The summed E-state index contributed by atoms with van der Waals surface area (Å²) in [6.07, 6.45) is -0.759. The fourth-order valence-corrected chi connectivity index (χ4v) is 0.575. The van der Waals surface area contributed by atoms with Crippen LogP contribution in [0.2, 0.25) is 0 Å². The van der Waals surface area contributed by atoms with Crippen molar-refractivity contribution in [2.45, 2.75) is 92.6 Å². The van der Waals surface area contributed by atoms with Crippen LogP contribution in [0.3, 0.4) is 0 Å². The molecule has 0 aliphatic carbocycles. The van der Waals surface area contributed by atoms with Crippen LogP contribution in [0.4, 0.5) is 0 Å². The molecule has 0 saturated carbocycles. The molecule has 0 rings (SSSR count). The molecule has 0 aromatic rings. The monoisotopic (exact) mass is 372 g/mol. The molecule has 4 N–H and O–H groups in total. The van der Waals surface area contributed by atoms with Gasteiger partial charge in [0, 0.05) is 33.9 Å². The Balaban J connectivity index is -0.0000000639. The number of rotatable bonds is 4. The van der Waals surface area contributed by atoms with Crippen LogP contribution in [0.25, 0.3) is 0 Å². The van der Waals surface area contributed by atoms with Gasteiger partial charge >= 0.3 is 0 Å². The minimum Gasteiger partial charge on any atom is -0.394 e. The molecule has 0 saturated heterocycles. The van der Waals surface area contributed by atoms with Crippen LogP contribution in [0.1, 0.15) is 68.2 Å². The van der Waals surface area contributed by atoms with Crippen LogP contribution in [-0.4, -0.2) is 56.4 Å². The zero-order valence-corrected chi connectivity index (χ0v) is 17.4. The van der Waals surface area contributed by atoms with Gasteiger partial charge in [-0.1, -0.05) is 13.8 Å². The smallest absolute Gasteiger partial charge is 0.158 e. The maximum Gasteiger partial charge on any atom is 0.158 e. The van der Waals surface area contributed by atoms with Crippen LogP contribution in [0, 0.1) is 0 Å². The van der Waals surface area contributed by atoms with Crippen molar-refractivity contribution in [1.29, 1.82) is 0 Å². The summed E-state index contributed by atoms with van der Waals surface area (Å²) in [7, 11) is 0. The van der Waals surface area contributed by atoms with Crippen molar-refractivity contribution in [3.05, 3.63) is 0 Å². The molecule has 0 amide bonds. The third kappa shape index (κ3) is 61.3. The van der Waals surface area contributed by atoms with Gasteiger partial charge in [0.15, 0.2) is 11.6 Å². The zero-order valence-electron chi connectivity index (χ0n) is 15.8. The molecule has 2 unspecified atom stereocenters. The molecule has 140 valence electrons. The summed E-state index contributed by atoms with van der Waals surface area (Å²) in [5.74, 6) is -0.301. The first kappa shape index (κ1) is 34.3. The topological polar surface area (TPSA) is 115 Å². The van der Waals surface area contributed by atoms with E-state index in [1.807, 2.05) is 0 Å². The van der Waals surface area contributed by atoms with Crippen molar-refractivity contribution in [1.82, 2.24) is 0 Å². The van der Waals surface area contributed by atoms with Crippen molar-refractivity contribution in [2.24, 2.45) is 0 Å². The van der Waals surface area contributed by atoms with Crippen LogP contribution in [-0.2, 0) is 31.3 Å². The molecule has 2 atom stereocenters. The van der Waals surface area contributed by atoms with Crippen LogP contribution >= 0.6 is 0 Å². The van der Waals surface area contributed by atoms with E-state index in [4.69, 9.17) is 20.4 Å². The van der Waals surface area contributed by atoms with Gasteiger partial charge in [-0.2, -0.15) is 0 Å². The maximum absolute atomic E-state index is 10.1. The second-order valence-electron chi connectivity index (χ2n) is 5.26. The number of carbonyl (C=O) groups excluding carboxylic acids is 2. The molecule has 0 fully saturated rings. The van der Waals surface area contributed by atoms with Gasteiger partial charge in [-0.05, 0) is 54.4 Å². The van der Waals surface area contributed by atoms with E-state index < -0.39 is 12.2 Å². The average Bonchev–Trinajstić information content (AvgIpc) is 2.35. The maximum atomic E-state index is 10.1. The Morgan fingerprint density at radius 1 is 0.696 bits per heavy atom. The molecule has 0 bridgehead atoms. The van der Waals surface area contributed by atoms with Crippen LogP contribution < -0.4 is 0 Å². The fourth-order valence-electron chi connectivity index (χ4n) is 0.575. The Labute approximate surface area is 156 Å². The Morgan fingerprint density at radius 2 is 0.826 bits per heavy atom. The van der Waals surface area contributed by atoms with Gasteiger partial charge < -0.3 is 20.4 Å². The summed E-state index contributed by atoms with van der Waals surface area (Å²) in [6.45, 7) is 13.2. The first-order chi connectivity index (χ1) is 9.83. The predicted octanol–water partition coefficient (Wildman–Crippen LogP) is 1.46. The normalized spacial score (nSPS) is 11.4. The molecule has 0 aromatic heterocycles. The summed E-state index contributed by atoms with van der Waals surface area (Å²) in [4.78, 5) is 20.2. The minimum atomic E-state index is -0.736. The molecule has 23 heavy (non-hydrogen) atoms. The van der Waals surface area contributed by atoms with E-state index in [9.17, 15) is 9.59 Å².